The van der Waals surface area contributed by atoms with E-state index in [9.17, 15) is 14.4 Å². The summed E-state index contributed by atoms with van der Waals surface area (Å²) in [5.74, 6) is 0.224. The first-order valence-corrected chi connectivity index (χ1v) is 11.4. The Hall–Kier alpha value is -4.26. The number of benzene rings is 3. The molecule has 0 unspecified atom stereocenters. The van der Waals surface area contributed by atoms with E-state index < -0.39 is 0 Å². The van der Waals surface area contributed by atoms with Gasteiger partial charge >= 0.3 is 0 Å². The molecule has 0 saturated carbocycles. The predicted molar refractivity (Wildman–Crippen MR) is 130 cm³/mol. The van der Waals surface area contributed by atoms with Gasteiger partial charge in [0.25, 0.3) is 11.8 Å². The molecule has 0 radical (unpaired) electrons. The molecular formula is C27H24N4O3. The Balaban J connectivity index is 1.08. The first-order chi connectivity index (χ1) is 16.6. The molecule has 1 aliphatic rings. The van der Waals surface area contributed by atoms with E-state index in [2.05, 4.69) is 15.3 Å². The van der Waals surface area contributed by atoms with Crippen LogP contribution in [0.5, 0.6) is 0 Å². The zero-order valence-electron chi connectivity index (χ0n) is 18.6. The smallest absolute Gasteiger partial charge is 0.261 e. The van der Waals surface area contributed by atoms with E-state index in [1.165, 1.54) is 4.90 Å². The Bertz CT molecular complexity index is 1310. The van der Waals surface area contributed by atoms with Gasteiger partial charge in [-0.15, -0.1) is 0 Å². The van der Waals surface area contributed by atoms with Crippen LogP contribution in [0.15, 0.2) is 72.8 Å². The number of imidazole rings is 1. The Kier molecular flexibility index (Phi) is 5.91. The summed E-state index contributed by atoms with van der Waals surface area (Å²) >= 11 is 0. The molecule has 7 heteroatoms. The molecule has 1 aromatic heterocycles. The molecule has 0 bridgehead atoms. The van der Waals surface area contributed by atoms with Crippen molar-refractivity contribution < 1.29 is 14.4 Å². The van der Waals surface area contributed by atoms with Crippen molar-refractivity contribution >= 4 is 34.4 Å². The maximum atomic E-state index is 12.4. The monoisotopic (exact) mass is 452 g/mol. The lowest BCUT2D eigenvalue weighted by molar-refractivity contribution is -0.116. The number of nitrogens with one attached hydrogen (secondary N) is 2. The van der Waals surface area contributed by atoms with Crippen molar-refractivity contribution in [2.75, 3.05) is 11.9 Å². The second-order valence-corrected chi connectivity index (χ2v) is 8.36. The summed E-state index contributed by atoms with van der Waals surface area (Å²) in [6.07, 6.45) is 2.28. The van der Waals surface area contributed by atoms with Gasteiger partial charge in [0.15, 0.2) is 0 Å². The molecule has 2 heterocycles. The number of carbonyl (C=O) groups is 3. The number of rotatable bonds is 8. The number of fused-ring (bicyclic) bond motifs is 2. The van der Waals surface area contributed by atoms with E-state index >= 15 is 0 Å². The van der Waals surface area contributed by atoms with Gasteiger partial charge in [-0.2, -0.15) is 0 Å². The number of anilines is 1. The first-order valence-electron chi connectivity index (χ1n) is 11.4. The number of amides is 3. The number of nitrogens with zero attached hydrogens (tertiary/aromatic N) is 2. The van der Waals surface area contributed by atoms with Crippen LogP contribution in [0.2, 0.25) is 0 Å². The van der Waals surface area contributed by atoms with Crippen LogP contribution in [0.3, 0.4) is 0 Å². The predicted octanol–water partition coefficient (Wildman–Crippen LogP) is 4.36. The van der Waals surface area contributed by atoms with Crippen molar-refractivity contribution in [3.63, 3.8) is 0 Å². The number of para-hydroxylation sites is 2. The summed E-state index contributed by atoms with van der Waals surface area (Å²) in [5, 5.41) is 2.88. The number of aryl methyl sites for hydroxylation is 2. The number of carbonyl (C=O) groups excluding carboxylic acids is 3. The van der Waals surface area contributed by atoms with Crippen LogP contribution in [-0.4, -0.2) is 39.1 Å². The number of hydrogen-bond acceptors (Lipinski definition) is 4. The number of H-pyrrole nitrogens is 1. The van der Waals surface area contributed by atoms with Gasteiger partial charge in [0, 0.05) is 25.1 Å². The SMILES string of the molecule is O=C(CCCN1C(=O)c2ccccc2C1=O)Nc1ccc(CCc2nc3ccccc3[nH]2)cc1. The summed E-state index contributed by atoms with van der Waals surface area (Å²) in [6, 6.07) is 22.5. The summed E-state index contributed by atoms with van der Waals surface area (Å²) in [7, 11) is 0. The largest absolute Gasteiger partial charge is 0.342 e. The topological polar surface area (TPSA) is 95.2 Å². The highest BCUT2D eigenvalue weighted by Crippen LogP contribution is 2.22. The average molecular weight is 453 g/mol. The zero-order valence-corrected chi connectivity index (χ0v) is 18.6. The summed E-state index contributed by atoms with van der Waals surface area (Å²) < 4.78 is 0. The molecule has 7 nitrogen and oxygen atoms in total. The highest BCUT2D eigenvalue weighted by Gasteiger charge is 2.34. The van der Waals surface area contributed by atoms with E-state index in [1.807, 2.05) is 48.5 Å². The van der Waals surface area contributed by atoms with E-state index in [0.717, 1.165) is 41.0 Å². The molecule has 5 rings (SSSR count). The van der Waals surface area contributed by atoms with Gasteiger partial charge in [0.05, 0.1) is 22.2 Å². The second kappa shape index (κ2) is 9.31. The Morgan fingerprint density at radius 2 is 1.53 bits per heavy atom. The van der Waals surface area contributed by atoms with Gasteiger partial charge in [0.1, 0.15) is 5.82 Å². The molecule has 3 amide bonds. The third-order valence-corrected chi connectivity index (χ3v) is 5.99. The normalized spacial score (nSPS) is 12.9. The van der Waals surface area contributed by atoms with Crippen LogP contribution in [0.4, 0.5) is 5.69 Å². The van der Waals surface area contributed by atoms with Gasteiger partial charge in [-0.3, -0.25) is 19.3 Å². The quantitative estimate of drug-likeness (QED) is 0.388. The molecule has 0 saturated heterocycles. The third kappa shape index (κ3) is 4.45. The summed E-state index contributed by atoms with van der Waals surface area (Å²) in [5.41, 5.74) is 4.74. The Labute approximate surface area is 196 Å². The average Bonchev–Trinajstić information content (AvgIpc) is 3.38. The molecule has 3 aromatic carbocycles. The van der Waals surface area contributed by atoms with Crippen LogP contribution < -0.4 is 5.32 Å². The fraction of sp³-hybridized carbons (Fsp3) is 0.185. The molecule has 4 aromatic rings. The van der Waals surface area contributed by atoms with E-state index in [1.54, 1.807) is 24.3 Å². The summed E-state index contributed by atoms with van der Waals surface area (Å²) in [6.45, 7) is 0.223. The molecule has 1 aliphatic heterocycles. The number of aromatic nitrogens is 2. The van der Waals surface area contributed by atoms with E-state index in [-0.39, 0.29) is 30.7 Å². The Morgan fingerprint density at radius 3 is 2.24 bits per heavy atom. The number of hydrogen-bond donors (Lipinski definition) is 2. The minimum atomic E-state index is -0.292. The lowest BCUT2D eigenvalue weighted by Gasteiger charge is -2.13. The standard InChI is InChI=1S/C27H24N4O3/c32-25(10-5-17-31-26(33)20-6-1-2-7-21(20)27(31)34)28-19-14-11-18(12-15-19)13-16-24-29-22-8-3-4-9-23(22)30-24/h1-4,6-9,11-12,14-15H,5,10,13,16-17H2,(H,28,32)(H,29,30). The Morgan fingerprint density at radius 1 is 0.853 bits per heavy atom. The highest BCUT2D eigenvalue weighted by molar-refractivity contribution is 6.21. The third-order valence-electron chi connectivity index (χ3n) is 5.99. The maximum absolute atomic E-state index is 12.4. The molecular weight excluding hydrogens is 428 g/mol. The fourth-order valence-corrected chi connectivity index (χ4v) is 4.20. The second-order valence-electron chi connectivity index (χ2n) is 8.36. The molecule has 2 N–H and O–H groups in total. The van der Waals surface area contributed by atoms with Crippen LogP contribution in [0, 0.1) is 0 Å². The lowest BCUT2D eigenvalue weighted by atomic mass is 10.1. The number of imide groups is 1. The van der Waals surface area contributed by atoms with Gasteiger partial charge in [-0.1, -0.05) is 36.4 Å². The van der Waals surface area contributed by atoms with Crippen molar-refractivity contribution in [1.82, 2.24) is 14.9 Å². The minimum absolute atomic E-state index is 0.147. The van der Waals surface area contributed by atoms with Crippen LogP contribution in [-0.2, 0) is 17.6 Å². The van der Waals surface area contributed by atoms with E-state index in [4.69, 9.17) is 0 Å². The fourth-order valence-electron chi connectivity index (χ4n) is 4.20. The van der Waals surface area contributed by atoms with Crippen molar-refractivity contribution in [3.05, 3.63) is 95.3 Å². The van der Waals surface area contributed by atoms with Crippen LogP contribution in [0.1, 0.15) is 44.9 Å². The molecule has 34 heavy (non-hydrogen) atoms. The van der Waals surface area contributed by atoms with Gasteiger partial charge in [-0.05, 0) is 54.8 Å². The first kappa shape index (κ1) is 21.6. The highest BCUT2D eigenvalue weighted by atomic mass is 16.2. The number of aromatic amines is 1. The van der Waals surface area contributed by atoms with Crippen LogP contribution >= 0.6 is 0 Å². The maximum Gasteiger partial charge on any atom is 0.261 e. The van der Waals surface area contributed by atoms with Crippen molar-refractivity contribution in [1.29, 1.82) is 0 Å². The zero-order chi connectivity index (χ0) is 23.5. The molecule has 0 spiro atoms. The van der Waals surface area contributed by atoms with E-state index in [0.29, 0.717) is 17.5 Å². The minimum Gasteiger partial charge on any atom is -0.342 e. The summed E-state index contributed by atoms with van der Waals surface area (Å²) in [4.78, 5) is 46.3. The molecule has 170 valence electrons. The van der Waals surface area contributed by atoms with Gasteiger partial charge in [-0.25, -0.2) is 4.98 Å². The van der Waals surface area contributed by atoms with Crippen molar-refractivity contribution in [2.45, 2.75) is 25.7 Å². The van der Waals surface area contributed by atoms with Crippen LogP contribution in [0.25, 0.3) is 11.0 Å². The molecule has 0 atom stereocenters. The lowest BCUT2D eigenvalue weighted by Crippen LogP contribution is -2.31. The van der Waals surface area contributed by atoms with Crippen molar-refractivity contribution in [3.8, 4) is 0 Å². The van der Waals surface area contributed by atoms with Crippen molar-refractivity contribution in [2.24, 2.45) is 0 Å². The van der Waals surface area contributed by atoms with Gasteiger partial charge < -0.3 is 10.3 Å². The molecule has 0 aliphatic carbocycles. The van der Waals surface area contributed by atoms with Gasteiger partial charge in [0.2, 0.25) is 5.91 Å². The molecule has 0 fully saturated rings.